The van der Waals surface area contributed by atoms with Gasteiger partial charge >= 0.3 is 0 Å². The number of hydrogen-bond donors (Lipinski definition) is 0. The number of hydrogen-bond acceptors (Lipinski definition) is 2. The second-order valence-electron chi connectivity index (χ2n) is 20.9. The lowest BCUT2D eigenvalue weighted by molar-refractivity contribution is 1.01. The van der Waals surface area contributed by atoms with Crippen LogP contribution < -0.4 is 0 Å². The monoisotopic (exact) mass is 1020 g/mol. The molecule has 17 aromatic rings. The maximum absolute atomic E-state index is 5.58. The summed E-state index contributed by atoms with van der Waals surface area (Å²) >= 11 is 0. The van der Waals surface area contributed by atoms with Crippen LogP contribution in [0.1, 0.15) is 0 Å². The molecule has 0 N–H and O–H groups in total. The number of nitrogens with zero attached hydrogens (tertiary/aromatic N) is 6. The van der Waals surface area contributed by atoms with E-state index < -0.39 is 0 Å². The van der Waals surface area contributed by atoms with Gasteiger partial charge in [0.15, 0.2) is 0 Å². The smallest absolute Gasteiger partial charge is 0.235 e. The lowest BCUT2D eigenvalue weighted by atomic mass is 10.0. The van der Waals surface area contributed by atoms with E-state index >= 15 is 0 Å². The highest BCUT2D eigenvalue weighted by molar-refractivity contribution is 6.15. The summed E-state index contributed by atoms with van der Waals surface area (Å²) in [5, 5.41) is 10.6. The summed E-state index contributed by atoms with van der Waals surface area (Å²) in [7, 11) is 0. The van der Waals surface area contributed by atoms with E-state index in [0.29, 0.717) is 5.95 Å². The zero-order valence-corrected chi connectivity index (χ0v) is 43.2. The Morgan fingerprint density at radius 2 is 0.537 bits per heavy atom. The van der Waals surface area contributed by atoms with Gasteiger partial charge < -0.3 is 13.7 Å². The Morgan fingerprint density at radius 1 is 0.200 bits per heavy atom. The van der Waals surface area contributed by atoms with Crippen molar-refractivity contribution in [1.29, 1.82) is 0 Å². The van der Waals surface area contributed by atoms with Gasteiger partial charge in [-0.05, 0) is 138 Å². The molecule has 0 bridgehead atoms. The van der Waals surface area contributed by atoms with Gasteiger partial charge in [0, 0.05) is 71.1 Å². The van der Waals surface area contributed by atoms with Gasteiger partial charge in [-0.15, -0.1) is 0 Å². The molecule has 0 aliphatic heterocycles. The number of para-hydroxylation sites is 6. The molecular formula is C74H46N6. The average molecular weight is 1020 g/mol. The Balaban J connectivity index is 0.795. The molecule has 372 valence electrons. The minimum absolute atomic E-state index is 0.630. The van der Waals surface area contributed by atoms with E-state index in [-0.39, 0.29) is 0 Å². The number of fused-ring (bicyclic) bond motifs is 13. The molecule has 0 aliphatic rings. The highest BCUT2D eigenvalue weighted by Crippen LogP contribution is 2.42. The first-order valence-corrected chi connectivity index (χ1v) is 27.3. The predicted octanol–water partition coefficient (Wildman–Crippen LogP) is 19.0. The molecule has 5 aromatic heterocycles. The maximum Gasteiger partial charge on any atom is 0.235 e. The fraction of sp³-hybridized carbons (Fsp3) is 0. The van der Waals surface area contributed by atoms with E-state index in [2.05, 4.69) is 297 Å². The molecule has 0 saturated carbocycles. The molecule has 0 aliphatic carbocycles. The van der Waals surface area contributed by atoms with Crippen molar-refractivity contribution in [3.8, 4) is 56.5 Å². The first-order valence-electron chi connectivity index (χ1n) is 27.3. The Kier molecular flexibility index (Phi) is 9.61. The van der Waals surface area contributed by atoms with Crippen molar-refractivity contribution in [3.05, 3.63) is 279 Å². The van der Waals surface area contributed by atoms with Crippen molar-refractivity contribution in [1.82, 2.24) is 28.2 Å². The summed E-state index contributed by atoms with van der Waals surface area (Å²) in [6, 6.07) is 101. The third kappa shape index (κ3) is 6.66. The Bertz CT molecular complexity index is 5350. The van der Waals surface area contributed by atoms with Crippen molar-refractivity contribution in [2.75, 3.05) is 0 Å². The van der Waals surface area contributed by atoms with Gasteiger partial charge in [-0.3, -0.25) is 4.57 Å². The van der Waals surface area contributed by atoms with Crippen LogP contribution in [-0.4, -0.2) is 28.2 Å². The fourth-order valence-electron chi connectivity index (χ4n) is 13.0. The highest BCUT2D eigenvalue weighted by Gasteiger charge is 2.22. The zero-order valence-electron chi connectivity index (χ0n) is 43.2. The predicted molar refractivity (Wildman–Crippen MR) is 333 cm³/mol. The quantitative estimate of drug-likeness (QED) is 0.160. The van der Waals surface area contributed by atoms with E-state index in [1.807, 2.05) is 0 Å². The van der Waals surface area contributed by atoms with Crippen LogP contribution in [0.15, 0.2) is 279 Å². The van der Waals surface area contributed by atoms with Gasteiger partial charge in [0.05, 0.1) is 55.3 Å². The summed E-state index contributed by atoms with van der Waals surface area (Å²) in [5.74, 6) is 0.630. The molecular weight excluding hydrogens is 973 g/mol. The Hall–Kier alpha value is -10.8. The van der Waals surface area contributed by atoms with Crippen molar-refractivity contribution >= 4 is 98.1 Å². The summed E-state index contributed by atoms with van der Waals surface area (Å²) < 4.78 is 9.39. The normalized spacial score (nSPS) is 12.0. The number of aromatic nitrogens is 6. The van der Waals surface area contributed by atoms with Crippen LogP contribution in [0.3, 0.4) is 0 Å². The van der Waals surface area contributed by atoms with Gasteiger partial charge in [0.2, 0.25) is 5.95 Å². The van der Waals surface area contributed by atoms with E-state index in [4.69, 9.17) is 9.97 Å². The van der Waals surface area contributed by atoms with Crippen molar-refractivity contribution in [2.45, 2.75) is 0 Å². The van der Waals surface area contributed by atoms with Gasteiger partial charge in [-0.1, -0.05) is 164 Å². The third-order valence-corrected chi connectivity index (χ3v) is 16.6. The minimum atomic E-state index is 0.630. The molecule has 6 nitrogen and oxygen atoms in total. The molecule has 0 radical (unpaired) electrons. The molecule has 6 heteroatoms. The molecule has 5 heterocycles. The molecule has 17 rings (SSSR count). The third-order valence-electron chi connectivity index (χ3n) is 16.6. The van der Waals surface area contributed by atoms with Gasteiger partial charge in [0.1, 0.15) is 0 Å². The summed E-state index contributed by atoms with van der Waals surface area (Å²) in [6.07, 6.45) is 0. The molecule has 0 saturated heterocycles. The van der Waals surface area contributed by atoms with E-state index in [1.165, 1.54) is 71.1 Å². The second kappa shape index (κ2) is 17.3. The van der Waals surface area contributed by atoms with E-state index in [9.17, 15) is 0 Å². The number of benzene rings is 12. The highest BCUT2D eigenvalue weighted by atomic mass is 15.2. The van der Waals surface area contributed by atoms with Crippen molar-refractivity contribution in [3.63, 3.8) is 0 Å². The Morgan fingerprint density at radius 3 is 0.963 bits per heavy atom. The largest absolute Gasteiger partial charge is 0.309 e. The molecule has 0 spiro atoms. The van der Waals surface area contributed by atoms with Crippen LogP contribution in [0.25, 0.3) is 155 Å². The fourth-order valence-corrected chi connectivity index (χ4v) is 13.0. The zero-order chi connectivity index (χ0) is 52.4. The summed E-state index contributed by atoms with van der Waals surface area (Å²) in [4.78, 5) is 11.0. The Labute approximate surface area is 459 Å². The molecule has 0 atom stereocenters. The van der Waals surface area contributed by atoms with Crippen molar-refractivity contribution < 1.29 is 0 Å². The standard InChI is InChI=1S/C74H46N6/c1-4-18-47(19-5-1)73-63-46-54(79-67-30-16-12-26-57(67)61-44-50(34-40-71(61)79)48-32-38-69-59(42-48)55-24-10-14-28-65(55)77(69)52-20-6-2-7-21-52)36-37-64(63)75-74(76-73)80-68-31-17-13-27-58(68)62-45-51(35-41-72(62)80)49-33-39-70-60(43-49)56-25-11-15-29-66(56)78(70)53-22-8-3-9-23-53/h1-46H. The summed E-state index contributed by atoms with van der Waals surface area (Å²) in [6.45, 7) is 0. The second-order valence-corrected chi connectivity index (χ2v) is 20.9. The molecule has 0 unspecified atom stereocenters. The first-order chi connectivity index (χ1) is 39.7. The van der Waals surface area contributed by atoms with Crippen LogP contribution in [0.2, 0.25) is 0 Å². The van der Waals surface area contributed by atoms with E-state index in [1.54, 1.807) is 0 Å². The van der Waals surface area contributed by atoms with Gasteiger partial charge in [-0.25, -0.2) is 9.97 Å². The topological polar surface area (TPSA) is 45.5 Å². The van der Waals surface area contributed by atoms with Crippen LogP contribution in [-0.2, 0) is 0 Å². The lowest BCUT2D eigenvalue weighted by Gasteiger charge is -2.14. The van der Waals surface area contributed by atoms with Crippen LogP contribution >= 0.6 is 0 Å². The van der Waals surface area contributed by atoms with Gasteiger partial charge in [-0.2, -0.15) is 0 Å². The van der Waals surface area contributed by atoms with Crippen LogP contribution in [0.4, 0.5) is 0 Å². The summed E-state index contributed by atoms with van der Waals surface area (Å²) in [5.41, 5.74) is 20.0. The minimum Gasteiger partial charge on any atom is -0.309 e. The first kappa shape index (κ1) is 44.3. The maximum atomic E-state index is 5.58. The van der Waals surface area contributed by atoms with Gasteiger partial charge in [0.25, 0.3) is 0 Å². The van der Waals surface area contributed by atoms with Crippen LogP contribution in [0.5, 0.6) is 0 Å². The average Bonchev–Trinajstić information content (AvgIpc) is 4.32. The number of rotatable bonds is 7. The molecule has 0 fully saturated rings. The van der Waals surface area contributed by atoms with Crippen LogP contribution in [0, 0.1) is 0 Å². The SMILES string of the molecule is c1ccc(-c2nc(-n3c4ccccc4c4cc(-c5ccc6c(c5)c5ccccc5n6-c5ccccc5)ccc43)nc3ccc(-n4c5ccccc5c5cc(-c6ccc7c(c6)c6ccccc6n7-c6ccccc6)ccc54)cc23)cc1. The van der Waals surface area contributed by atoms with Crippen molar-refractivity contribution in [2.24, 2.45) is 0 Å². The molecule has 12 aromatic carbocycles. The van der Waals surface area contributed by atoms with E-state index in [0.717, 1.165) is 77.6 Å². The lowest BCUT2D eigenvalue weighted by Crippen LogP contribution is -2.04. The molecule has 0 amide bonds. The molecule has 80 heavy (non-hydrogen) atoms.